The number of piperidine rings is 1. The lowest BCUT2D eigenvalue weighted by Gasteiger charge is -2.23. The van der Waals surface area contributed by atoms with Crippen LogP contribution in [0.2, 0.25) is 0 Å². The maximum absolute atomic E-state index is 12.9. The van der Waals surface area contributed by atoms with Crippen molar-refractivity contribution in [2.45, 2.75) is 31.7 Å². The van der Waals surface area contributed by atoms with Crippen LogP contribution in [-0.4, -0.2) is 25.0 Å². The Morgan fingerprint density at radius 3 is 2.28 bits per heavy atom. The van der Waals surface area contributed by atoms with Crippen LogP contribution < -0.4 is 10.1 Å². The number of ketones is 1. The van der Waals surface area contributed by atoms with Crippen molar-refractivity contribution >= 4 is 18.2 Å². The summed E-state index contributed by atoms with van der Waals surface area (Å²) in [6.45, 7) is 1.77. The van der Waals surface area contributed by atoms with Crippen molar-refractivity contribution in [1.29, 1.82) is 0 Å². The van der Waals surface area contributed by atoms with Crippen LogP contribution in [0.3, 0.4) is 0 Å². The molecule has 0 spiro atoms. The maximum Gasteiger partial charge on any atom is 0.193 e. The van der Waals surface area contributed by atoms with Gasteiger partial charge in [-0.25, -0.2) is 4.39 Å². The minimum atomic E-state index is -0.345. The van der Waals surface area contributed by atoms with Gasteiger partial charge < -0.3 is 10.1 Å². The van der Waals surface area contributed by atoms with Crippen LogP contribution in [0.15, 0.2) is 48.5 Å². The van der Waals surface area contributed by atoms with E-state index in [1.807, 2.05) is 12.1 Å². The largest absolute Gasteiger partial charge is 0.494 e. The molecule has 25 heavy (non-hydrogen) atoms. The van der Waals surface area contributed by atoms with Crippen LogP contribution in [0.4, 0.5) is 4.39 Å². The molecule has 1 atom stereocenters. The van der Waals surface area contributed by atoms with Crippen molar-refractivity contribution in [3.8, 4) is 5.75 Å². The summed E-state index contributed by atoms with van der Waals surface area (Å²) in [6, 6.07) is 13.3. The summed E-state index contributed by atoms with van der Waals surface area (Å²) in [5.41, 5.74) is 1.05. The van der Waals surface area contributed by atoms with E-state index in [2.05, 4.69) is 5.32 Å². The summed E-state index contributed by atoms with van der Waals surface area (Å²) < 4.78 is 18.7. The van der Waals surface area contributed by atoms with Crippen LogP contribution in [0.1, 0.15) is 41.6 Å². The number of rotatable bonds is 6. The molecule has 5 heteroatoms. The number of halogens is 2. The number of hydrogen-bond donors (Lipinski definition) is 1. The molecule has 3 nitrogen and oxygen atoms in total. The summed E-state index contributed by atoms with van der Waals surface area (Å²) in [7, 11) is 0. The van der Waals surface area contributed by atoms with Crippen LogP contribution in [0, 0.1) is 5.82 Å². The second-order valence-electron chi connectivity index (χ2n) is 6.14. The van der Waals surface area contributed by atoms with E-state index in [0.29, 0.717) is 23.8 Å². The van der Waals surface area contributed by atoms with E-state index in [-0.39, 0.29) is 24.0 Å². The highest BCUT2D eigenvalue weighted by molar-refractivity contribution is 6.08. The zero-order valence-corrected chi connectivity index (χ0v) is 14.9. The third-order valence-electron chi connectivity index (χ3n) is 4.37. The van der Waals surface area contributed by atoms with Gasteiger partial charge in [0, 0.05) is 17.2 Å². The molecule has 0 aromatic heterocycles. The highest BCUT2D eigenvalue weighted by Crippen LogP contribution is 2.17. The minimum absolute atomic E-state index is 0. The van der Waals surface area contributed by atoms with E-state index in [1.165, 1.54) is 43.5 Å². The highest BCUT2D eigenvalue weighted by atomic mass is 35.5. The summed E-state index contributed by atoms with van der Waals surface area (Å²) in [5, 5.41) is 3.50. The predicted molar refractivity (Wildman–Crippen MR) is 99.3 cm³/mol. The summed E-state index contributed by atoms with van der Waals surface area (Å²) >= 11 is 0. The van der Waals surface area contributed by atoms with Gasteiger partial charge in [0.25, 0.3) is 0 Å². The Kier molecular flexibility index (Phi) is 7.41. The molecule has 2 aromatic rings. The molecule has 0 bridgehead atoms. The van der Waals surface area contributed by atoms with Gasteiger partial charge in [-0.3, -0.25) is 4.79 Å². The molecule has 0 radical (unpaired) electrons. The van der Waals surface area contributed by atoms with Gasteiger partial charge in [-0.05, 0) is 74.3 Å². The molecule has 0 saturated carbocycles. The fourth-order valence-corrected chi connectivity index (χ4v) is 2.96. The average Bonchev–Trinajstić information content (AvgIpc) is 2.63. The minimum Gasteiger partial charge on any atom is -0.494 e. The Bertz CT molecular complexity index is 667. The zero-order valence-electron chi connectivity index (χ0n) is 14.0. The van der Waals surface area contributed by atoms with Crippen LogP contribution in [0.5, 0.6) is 5.75 Å². The van der Waals surface area contributed by atoms with Crippen molar-refractivity contribution in [2.24, 2.45) is 0 Å². The lowest BCUT2D eigenvalue weighted by atomic mass is 10.0. The Labute approximate surface area is 154 Å². The Morgan fingerprint density at radius 2 is 1.68 bits per heavy atom. The van der Waals surface area contributed by atoms with Crippen molar-refractivity contribution < 1.29 is 13.9 Å². The van der Waals surface area contributed by atoms with E-state index in [9.17, 15) is 9.18 Å². The fourth-order valence-electron chi connectivity index (χ4n) is 2.96. The normalized spacial score (nSPS) is 16.8. The van der Waals surface area contributed by atoms with Gasteiger partial charge in [0.2, 0.25) is 0 Å². The Morgan fingerprint density at radius 1 is 1.04 bits per heavy atom. The van der Waals surface area contributed by atoms with Crippen molar-refractivity contribution in [3.63, 3.8) is 0 Å². The second kappa shape index (κ2) is 9.54. The molecule has 2 aromatic carbocycles. The van der Waals surface area contributed by atoms with Gasteiger partial charge in [-0.2, -0.15) is 0 Å². The third-order valence-corrected chi connectivity index (χ3v) is 4.37. The molecule has 1 N–H and O–H groups in total. The van der Waals surface area contributed by atoms with Gasteiger partial charge in [0.1, 0.15) is 11.6 Å². The molecule has 1 aliphatic heterocycles. The summed E-state index contributed by atoms with van der Waals surface area (Å²) in [5.74, 6) is 0.303. The molecule has 1 unspecified atom stereocenters. The lowest BCUT2D eigenvalue weighted by Crippen LogP contribution is -2.35. The molecule has 1 aliphatic rings. The molecule has 1 heterocycles. The maximum atomic E-state index is 12.9. The molecule has 0 amide bonds. The molecule has 3 rings (SSSR count). The first-order valence-corrected chi connectivity index (χ1v) is 8.49. The van der Waals surface area contributed by atoms with Gasteiger partial charge in [-0.1, -0.05) is 6.42 Å². The SMILES string of the molecule is Cl.O=C(c1ccc(F)cc1)c1ccc(OCCC2CCCCN2)cc1. The monoisotopic (exact) mass is 363 g/mol. The van der Waals surface area contributed by atoms with Gasteiger partial charge in [0.05, 0.1) is 6.61 Å². The molecule has 134 valence electrons. The number of ether oxygens (including phenoxy) is 1. The average molecular weight is 364 g/mol. The smallest absolute Gasteiger partial charge is 0.193 e. The number of benzene rings is 2. The molecule has 0 aliphatic carbocycles. The predicted octanol–water partition coefficient (Wildman–Crippen LogP) is 4.39. The van der Waals surface area contributed by atoms with Gasteiger partial charge in [-0.15, -0.1) is 12.4 Å². The first kappa shape index (κ1) is 19.4. The molecular formula is C20H23ClFNO2. The van der Waals surface area contributed by atoms with Crippen LogP contribution in [0.25, 0.3) is 0 Å². The Balaban J connectivity index is 0.00000225. The standard InChI is InChI=1S/C20H22FNO2.ClH/c21-17-8-4-15(5-9-17)20(23)16-6-10-19(11-7-16)24-14-12-18-3-1-2-13-22-18;/h4-11,18,22H,1-3,12-14H2;1H. The summed E-state index contributed by atoms with van der Waals surface area (Å²) in [4.78, 5) is 12.3. The molecule has 1 saturated heterocycles. The van der Waals surface area contributed by atoms with E-state index < -0.39 is 0 Å². The van der Waals surface area contributed by atoms with E-state index in [0.717, 1.165) is 18.7 Å². The first-order chi connectivity index (χ1) is 11.7. The summed E-state index contributed by atoms with van der Waals surface area (Å²) in [6.07, 6.45) is 4.77. The highest BCUT2D eigenvalue weighted by Gasteiger charge is 2.12. The quantitative estimate of drug-likeness (QED) is 0.773. The van der Waals surface area contributed by atoms with E-state index in [4.69, 9.17) is 4.74 Å². The number of hydrogen-bond acceptors (Lipinski definition) is 3. The third kappa shape index (κ3) is 5.55. The van der Waals surface area contributed by atoms with E-state index >= 15 is 0 Å². The number of nitrogens with one attached hydrogen (secondary N) is 1. The number of carbonyl (C=O) groups is 1. The molecule has 1 fully saturated rings. The Hall–Kier alpha value is -1.91. The van der Waals surface area contributed by atoms with Crippen molar-refractivity contribution in [3.05, 3.63) is 65.5 Å². The topological polar surface area (TPSA) is 38.3 Å². The van der Waals surface area contributed by atoms with Gasteiger partial charge in [0.15, 0.2) is 5.78 Å². The van der Waals surface area contributed by atoms with Crippen LogP contribution in [-0.2, 0) is 0 Å². The van der Waals surface area contributed by atoms with E-state index in [1.54, 1.807) is 12.1 Å². The zero-order chi connectivity index (χ0) is 16.8. The van der Waals surface area contributed by atoms with Crippen molar-refractivity contribution in [1.82, 2.24) is 5.32 Å². The lowest BCUT2D eigenvalue weighted by molar-refractivity contribution is 0.103. The first-order valence-electron chi connectivity index (χ1n) is 8.49. The van der Waals surface area contributed by atoms with Crippen LogP contribution >= 0.6 is 12.4 Å². The number of carbonyl (C=O) groups excluding carboxylic acids is 1. The van der Waals surface area contributed by atoms with Gasteiger partial charge >= 0.3 is 0 Å². The second-order valence-corrected chi connectivity index (χ2v) is 6.14. The van der Waals surface area contributed by atoms with Crippen molar-refractivity contribution in [2.75, 3.05) is 13.2 Å². The molecular weight excluding hydrogens is 341 g/mol. The fraction of sp³-hybridized carbons (Fsp3) is 0.350.